The first-order chi connectivity index (χ1) is 12.8. The third kappa shape index (κ3) is 23.9. The fourth-order valence-electron chi connectivity index (χ4n) is 1.96. The van der Waals surface area contributed by atoms with Gasteiger partial charge in [-0.25, -0.2) is 9.59 Å². The molecule has 0 amide bonds. The van der Waals surface area contributed by atoms with Crippen LogP contribution in [0.1, 0.15) is 78.1 Å². The summed E-state index contributed by atoms with van der Waals surface area (Å²) in [6, 6.07) is 0. The van der Waals surface area contributed by atoms with Crippen LogP contribution in [-0.4, -0.2) is 36.2 Å². The quantitative estimate of drug-likeness (QED) is 0.247. The van der Waals surface area contributed by atoms with E-state index in [0.29, 0.717) is 31.6 Å². The minimum Gasteiger partial charge on any atom is -0.481 e. The molecule has 156 valence electrons. The molecule has 1 N–H and O–H groups in total. The molecule has 0 spiro atoms. The van der Waals surface area contributed by atoms with Gasteiger partial charge in [-0.05, 0) is 32.6 Å². The van der Waals surface area contributed by atoms with Gasteiger partial charge in [-0.2, -0.15) is 0 Å². The molecular weight excluding hydrogens is 348 g/mol. The summed E-state index contributed by atoms with van der Waals surface area (Å²) in [5.41, 5.74) is 0.482. The van der Waals surface area contributed by atoms with Crippen molar-refractivity contribution in [3.05, 3.63) is 24.8 Å². The fourth-order valence-corrected chi connectivity index (χ4v) is 1.96. The van der Waals surface area contributed by atoms with Crippen molar-refractivity contribution in [3.63, 3.8) is 0 Å². The van der Waals surface area contributed by atoms with Gasteiger partial charge in [0.15, 0.2) is 0 Å². The van der Waals surface area contributed by atoms with Crippen LogP contribution in [0.3, 0.4) is 0 Å². The molecule has 0 aromatic heterocycles. The second-order valence-corrected chi connectivity index (χ2v) is 6.26. The van der Waals surface area contributed by atoms with E-state index >= 15 is 0 Å². The summed E-state index contributed by atoms with van der Waals surface area (Å²) >= 11 is 0. The molecule has 0 fully saturated rings. The standard InChI is InChI=1S/C12H22O2.C9H14O4/c1-4-5-6-7-8-9-10-14-12(13)11(2)3;1-2-9(12)13-7-5-3-4-6-8(10)11/h2,4-10H2,1,3H3;2H,1,3-7H2,(H,10,11). The van der Waals surface area contributed by atoms with Crippen molar-refractivity contribution in [2.45, 2.75) is 78.1 Å². The van der Waals surface area contributed by atoms with Crippen molar-refractivity contribution in [1.82, 2.24) is 0 Å². The van der Waals surface area contributed by atoms with Gasteiger partial charge in [-0.3, -0.25) is 4.79 Å². The van der Waals surface area contributed by atoms with Crippen molar-refractivity contribution in [2.75, 3.05) is 13.2 Å². The molecule has 0 saturated carbocycles. The van der Waals surface area contributed by atoms with Gasteiger partial charge in [0, 0.05) is 18.1 Å². The van der Waals surface area contributed by atoms with Gasteiger partial charge in [0.05, 0.1) is 13.2 Å². The molecule has 27 heavy (non-hydrogen) atoms. The first-order valence-electron chi connectivity index (χ1n) is 9.68. The van der Waals surface area contributed by atoms with Crippen molar-refractivity contribution < 1.29 is 29.0 Å². The van der Waals surface area contributed by atoms with Crippen LogP contribution in [0.25, 0.3) is 0 Å². The topological polar surface area (TPSA) is 89.9 Å². The van der Waals surface area contributed by atoms with Crippen LogP contribution in [0.4, 0.5) is 0 Å². The Hall–Kier alpha value is -2.11. The highest BCUT2D eigenvalue weighted by Crippen LogP contribution is 2.05. The lowest BCUT2D eigenvalue weighted by molar-refractivity contribution is -0.139. The van der Waals surface area contributed by atoms with Crippen molar-refractivity contribution in [3.8, 4) is 0 Å². The number of carbonyl (C=O) groups is 3. The first-order valence-corrected chi connectivity index (χ1v) is 9.68. The molecule has 6 heteroatoms. The second-order valence-electron chi connectivity index (χ2n) is 6.26. The second kappa shape index (κ2) is 20.2. The van der Waals surface area contributed by atoms with Gasteiger partial charge >= 0.3 is 17.9 Å². The minimum absolute atomic E-state index is 0.176. The summed E-state index contributed by atoms with van der Waals surface area (Å²) in [7, 11) is 0. The summed E-state index contributed by atoms with van der Waals surface area (Å²) in [6.45, 7) is 11.5. The average molecular weight is 385 g/mol. The van der Waals surface area contributed by atoms with Crippen LogP contribution in [0, 0.1) is 0 Å². The van der Waals surface area contributed by atoms with Gasteiger partial charge in [-0.15, -0.1) is 0 Å². The molecule has 0 aliphatic heterocycles. The molecule has 6 nitrogen and oxygen atoms in total. The predicted octanol–water partition coefficient (Wildman–Crippen LogP) is 4.83. The summed E-state index contributed by atoms with van der Waals surface area (Å²) in [5.74, 6) is -1.49. The fraction of sp³-hybridized carbons (Fsp3) is 0.667. The van der Waals surface area contributed by atoms with E-state index < -0.39 is 11.9 Å². The molecule has 0 aliphatic rings. The maximum absolute atomic E-state index is 11.0. The monoisotopic (exact) mass is 384 g/mol. The average Bonchev–Trinajstić information content (AvgIpc) is 2.63. The number of esters is 2. The highest BCUT2D eigenvalue weighted by atomic mass is 16.5. The smallest absolute Gasteiger partial charge is 0.333 e. The number of aliphatic carboxylic acids is 1. The normalized spacial score (nSPS) is 9.56. The van der Waals surface area contributed by atoms with Crippen LogP contribution >= 0.6 is 0 Å². The molecule has 0 radical (unpaired) electrons. The zero-order valence-corrected chi connectivity index (χ0v) is 17.0. The van der Waals surface area contributed by atoms with Crippen LogP contribution in [-0.2, 0) is 23.9 Å². The Bertz CT molecular complexity index is 442. The Morgan fingerprint density at radius 1 is 0.889 bits per heavy atom. The Balaban J connectivity index is 0. The van der Waals surface area contributed by atoms with Crippen LogP contribution in [0.2, 0.25) is 0 Å². The van der Waals surface area contributed by atoms with E-state index in [9.17, 15) is 14.4 Å². The van der Waals surface area contributed by atoms with Gasteiger partial charge in [0.2, 0.25) is 0 Å². The lowest BCUT2D eigenvalue weighted by Crippen LogP contribution is -2.05. The zero-order chi connectivity index (χ0) is 20.9. The van der Waals surface area contributed by atoms with Crippen LogP contribution in [0.15, 0.2) is 24.8 Å². The summed E-state index contributed by atoms with van der Waals surface area (Å²) in [4.78, 5) is 31.6. The van der Waals surface area contributed by atoms with Crippen LogP contribution in [0.5, 0.6) is 0 Å². The van der Waals surface area contributed by atoms with Gasteiger partial charge in [0.1, 0.15) is 0 Å². The highest BCUT2D eigenvalue weighted by Gasteiger charge is 2.01. The molecule has 0 bridgehead atoms. The molecule has 0 aromatic rings. The highest BCUT2D eigenvalue weighted by molar-refractivity contribution is 5.86. The third-order valence-corrected chi connectivity index (χ3v) is 3.53. The number of ether oxygens (including phenoxy) is 2. The van der Waals surface area contributed by atoms with Crippen molar-refractivity contribution >= 4 is 17.9 Å². The number of unbranched alkanes of at least 4 members (excludes halogenated alkanes) is 7. The van der Waals surface area contributed by atoms with E-state index in [1.54, 1.807) is 6.92 Å². The molecule has 0 unspecified atom stereocenters. The summed E-state index contributed by atoms with van der Waals surface area (Å²) in [6.07, 6.45) is 10.6. The van der Waals surface area contributed by atoms with Gasteiger partial charge in [-0.1, -0.05) is 52.2 Å². The Morgan fingerprint density at radius 3 is 1.93 bits per heavy atom. The lowest BCUT2D eigenvalue weighted by Gasteiger charge is -2.03. The Morgan fingerprint density at radius 2 is 1.41 bits per heavy atom. The van der Waals surface area contributed by atoms with Crippen LogP contribution < -0.4 is 0 Å². The van der Waals surface area contributed by atoms with E-state index in [2.05, 4.69) is 20.1 Å². The Labute approximate surface area is 163 Å². The van der Waals surface area contributed by atoms with Gasteiger partial charge < -0.3 is 14.6 Å². The first kappa shape index (κ1) is 27.1. The lowest BCUT2D eigenvalue weighted by atomic mass is 10.1. The molecule has 0 heterocycles. The van der Waals surface area contributed by atoms with E-state index in [1.165, 1.54) is 25.7 Å². The molecule has 0 aromatic carbocycles. The van der Waals surface area contributed by atoms with Crippen molar-refractivity contribution in [2.24, 2.45) is 0 Å². The minimum atomic E-state index is -0.789. The summed E-state index contributed by atoms with van der Waals surface area (Å²) in [5, 5.41) is 8.30. The van der Waals surface area contributed by atoms with Gasteiger partial charge in [0.25, 0.3) is 0 Å². The number of carbonyl (C=O) groups excluding carboxylic acids is 2. The number of rotatable bonds is 15. The predicted molar refractivity (Wildman–Crippen MR) is 106 cm³/mol. The van der Waals surface area contributed by atoms with E-state index in [-0.39, 0.29) is 12.4 Å². The third-order valence-electron chi connectivity index (χ3n) is 3.53. The van der Waals surface area contributed by atoms with E-state index in [4.69, 9.17) is 14.6 Å². The number of hydrogen-bond acceptors (Lipinski definition) is 5. The Kier molecular flexibility index (Phi) is 20.3. The summed E-state index contributed by atoms with van der Waals surface area (Å²) < 4.78 is 9.67. The van der Waals surface area contributed by atoms with Crippen molar-refractivity contribution in [1.29, 1.82) is 0 Å². The number of hydrogen-bond donors (Lipinski definition) is 1. The zero-order valence-electron chi connectivity index (χ0n) is 17.0. The molecule has 0 aliphatic carbocycles. The molecule has 0 saturated heterocycles. The molecule has 0 rings (SSSR count). The SMILES string of the molecule is C=C(C)C(=O)OCCCCCCCC.C=CC(=O)OCCCCCC(=O)O. The maximum atomic E-state index is 11.0. The van der Waals surface area contributed by atoms with E-state index in [1.807, 2.05) is 0 Å². The number of carboxylic acids is 1. The maximum Gasteiger partial charge on any atom is 0.333 e. The largest absolute Gasteiger partial charge is 0.481 e. The molecule has 0 atom stereocenters. The number of carboxylic acid groups (broad SMARTS) is 1. The molecular formula is C21H36O6. The van der Waals surface area contributed by atoms with E-state index in [0.717, 1.165) is 25.3 Å².